The van der Waals surface area contributed by atoms with E-state index in [1.807, 2.05) is 0 Å². The van der Waals surface area contributed by atoms with E-state index in [0.29, 0.717) is 0 Å². The van der Waals surface area contributed by atoms with Gasteiger partial charge in [0.05, 0.1) is 5.52 Å². The minimum Gasteiger partial charge on any atom is -0.404 e. The van der Waals surface area contributed by atoms with E-state index in [4.69, 9.17) is 5.73 Å². The Morgan fingerprint density at radius 2 is 1.45 bits per heavy atom. The van der Waals surface area contributed by atoms with E-state index in [9.17, 15) is 0 Å². The molecule has 0 bridgehead atoms. The largest absolute Gasteiger partial charge is 0.404 e. The van der Waals surface area contributed by atoms with Crippen LogP contribution in [0.2, 0.25) is 0 Å². The number of aryl methyl sites for hydroxylation is 1. The molecule has 0 unspecified atom stereocenters. The number of fused-ring (bicyclic) bond motifs is 4. The fraction of sp³-hybridized carbons (Fsp3) is 0.111. The summed E-state index contributed by atoms with van der Waals surface area (Å²) in [7, 11) is 0. The van der Waals surface area contributed by atoms with Gasteiger partial charge in [0.1, 0.15) is 0 Å². The van der Waals surface area contributed by atoms with Gasteiger partial charge in [-0.15, -0.1) is 0 Å². The van der Waals surface area contributed by atoms with Crippen molar-refractivity contribution in [3.05, 3.63) is 203 Å². The van der Waals surface area contributed by atoms with Gasteiger partial charge >= 0.3 is 0 Å². The van der Waals surface area contributed by atoms with Gasteiger partial charge in [-0.2, -0.15) is 0 Å². The van der Waals surface area contributed by atoms with Gasteiger partial charge in [-0.25, -0.2) is 0 Å². The van der Waals surface area contributed by atoms with Crippen LogP contribution in [0.15, 0.2) is 158 Å². The molecular formula is C54H46N2. The second-order valence-electron chi connectivity index (χ2n) is 14.9. The summed E-state index contributed by atoms with van der Waals surface area (Å²) in [6.07, 6.45) is 28.3. The molecule has 9 rings (SSSR count). The molecule has 272 valence electrons. The summed E-state index contributed by atoms with van der Waals surface area (Å²) in [6.45, 7) is 4.31. The maximum Gasteiger partial charge on any atom is 0.0537 e. The monoisotopic (exact) mass is 722 g/mol. The van der Waals surface area contributed by atoms with Crippen LogP contribution in [-0.2, 0) is 12.8 Å². The van der Waals surface area contributed by atoms with Crippen LogP contribution in [0, 0.1) is 6.92 Å². The topological polar surface area (TPSA) is 30.9 Å². The molecule has 0 amide bonds. The number of para-hydroxylation sites is 1. The molecule has 0 atom stereocenters. The summed E-state index contributed by atoms with van der Waals surface area (Å²) in [5.41, 5.74) is 25.2. The zero-order valence-corrected chi connectivity index (χ0v) is 32.2. The predicted octanol–water partition coefficient (Wildman–Crippen LogP) is 13.9. The van der Waals surface area contributed by atoms with Crippen LogP contribution in [0.5, 0.6) is 0 Å². The molecule has 0 aliphatic heterocycles. The summed E-state index contributed by atoms with van der Waals surface area (Å²) >= 11 is 0. The van der Waals surface area contributed by atoms with Crippen LogP contribution < -0.4 is 5.73 Å². The average molecular weight is 723 g/mol. The van der Waals surface area contributed by atoms with Crippen molar-refractivity contribution in [3.8, 4) is 27.9 Å². The normalized spacial score (nSPS) is 13.9. The molecule has 0 saturated carbocycles. The quantitative estimate of drug-likeness (QED) is 0.156. The van der Waals surface area contributed by atoms with E-state index in [1.165, 1.54) is 88.7 Å². The molecule has 7 aromatic rings. The summed E-state index contributed by atoms with van der Waals surface area (Å²) in [5.74, 6) is 0. The Bertz CT molecular complexity index is 2800. The Kier molecular flexibility index (Phi) is 9.55. The van der Waals surface area contributed by atoms with E-state index in [2.05, 4.69) is 194 Å². The molecule has 1 aromatic heterocycles. The maximum absolute atomic E-state index is 6.29. The number of rotatable bonds is 8. The smallest absolute Gasteiger partial charge is 0.0537 e. The summed E-state index contributed by atoms with van der Waals surface area (Å²) < 4.78 is 2.36. The Morgan fingerprint density at radius 3 is 2.23 bits per heavy atom. The first-order valence-electron chi connectivity index (χ1n) is 19.9. The lowest BCUT2D eigenvalue weighted by atomic mass is 9.78. The predicted molar refractivity (Wildman–Crippen MR) is 243 cm³/mol. The number of aromatic nitrogens is 1. The highest BCUT2D eigenvalue weighted by Crippen LogP contribution is 2.45. The molecule has 1 heterocycles. The first kappa shape index (κ1) is 35.1. The fourth-order valence-corrected chi connectivity index (χ4v) is 8.77. The number of nitrogens with two attached hydrogens (primary N) is 1. The highest BCUT2D eigenvalue weighted by Gasteiger charge is 2.24. The number of hydrogen-bond donors (Lipinski definition) is 1. The second-order valence-corrected chi connectivity index (χ2v) is 14.9. The van der Waals surface area contributed by atoms with Gasteiger partial charge in [0.15, 0.2) is 0 Å². The van der Waals surface area contributed by atoms with Crippen molar-refractivity contribution in [3.63, 3.8) is 0 Å². The molecule has 2 nitrogen and oxygen atoms in total. The van der Waals surface area contributed by atoms with E-state index < -0.39 is 0 Å². The van der Waals surface area contributed by atoms with Crippen LogP contribution in [0.3, 0.4) is 0 Å². The molecule has 2 aliphatic carbocycles. The van der Waals surface area contributed by atoms with Gasteiger partial charge in [0, 0.05) is 23.0 Å². The van der Waals surface area contributed by atoms with Crippen molar-refractivity contribution in [2.24, 2.45) is 5.73 Å². The minimum atomic E-state index is 0.815. The van der Waals surface area contributed by atoms with E-state index in [-0.39, 0.29) is 0 Å². The summed E-state index contributed by atoms with van der Waals surface area (Å²) in [5, 5.41) is 3.82. The number of nitrogens with zero attached hydrogens (tertiary/aromatic N) is 1. The Morgan fingerprint density at radius 1 is 0.714 bits per heavy atom. The number of benzene rings is 6. The molecule has 2 aliphatic rings. The van der Waals surface area contributed by atoms with Crippen molar-refractivity contribution < 1.29 is 0 Å². The third kappa shape index (κ3) is 6.37. The Balaban J connectivity index is 1.03. The van der Waals surface area contributed by atoms with Crippen molar-refractivity contribution in [1.29, 1.82) is 0 Å². The molecule has 2 heteroatoms. The molecule has 56 heavy (non-hydrogen) atoms. The van der Waals surface area contributed by atoms with Crippen molar-refractivity contribution in [1.82, 2.24) is 4.57 Å². The fourth-order valence-electron chi connectivity index (χ4n) is 8.77. The van der Waals surface area contributed by atoms with Gasteiger partial charge < -0.3 is 10.3 Å². The van der Waals surface area contributed by atoms with Crippen LogP contribution in [0.1, 0.15) is 64.4 Å². The molecule has 2 N–H and O–H groups in total. The van der Waals surface area contributed by atoms with Crippen molar-refractivity contribution in [2.45, 2.75) is 39.5 Å². The lowest BCUT2D eigenvalue weighted by Gasteiger charge is -2.26. The number of allylic oxidation sites excluding steroid dienone is 7. The van der Waals surface area contributed by atoms with Crippen LogP contribution in [-0.4, -0.2) is 4.57 Å². The van der Waals surface area contributed by atoms with Gasteiger partial charge in [0.2, 0.25) is 0 Å². The minimum absolute atomic E-state index is 0.815. The van der Waals surface area contributed by atoms with Crippen LogP contribution in [0.4, 0.5) is 0 Å². The highest BCUT2D eigenvalue weighted by molar-refractivity contribution is 5.99. The molecular weight excluding hydrogens is 677 g/mol. The zero-order valence-electron chi connectivity index (χ0n) is 32.2. The highest BCUT2D eigenvalue weighted by atomic mass is 15.0. The van der Waals surface area contributed by atoms with Gasteiger partial charge in [-0.3, -0.25) is 0 Å². The van der Waals surface area contributed by atoms with Crippen molar-refractivity contribution in [2.75, 3.05) is 0 Å². The molecule has 0 radical (unpaired) electrons. The summed E-state index contributed by atoms with van der Waals surface area (Å²) in [6, 6.07) is 42.1. The van der Waals surface area contributed by atoms with E-state index in [0.717, 1.165) is 36.8 Å². The van der Waals surface area contributed by atoms with Crippen molar-refractivity contribution >= 4 is 51.6 Å². The SMILES string of the molecule is C/C=C\c1c(C)c2cc(C/C=C\C(=C/N)c3ccc(-c4c5c(c(-c6ccc7ccccc7c6)c6c4CCC=C6)C=CCC=C5)cc3)ccc2n1-c1ccccc1. The molecule has 0 fully saturated rings. The first-order chi connectivity index (χ1) is 27.6. The third-order valence-corrected chi connectivity index (χ3v) is 11.5. The third-order valence-electron chi connectivity index (χ3n) is 11.5. The van der Waals surface area contributed by atoms with Gasteiger partial charge in [-0.1, -0.05) is 140 Å². The van der Waals surface area contributed by atoms with E-state index >= 15 is 0 Å². The van der Waals surface area contributed by atoms with Crippen LogP contribution in [0.25, 0.3) is 79.5 Å². The molecule has 6 aromatic carbocycles. The first-order valence-corrected chi connectivity index (χ1v) is 19.9. The molecule has 0 saturated heterocycles. The second kappa shape index (κ2) is 15.2. The van der Waals surface area contributed by atoms with Gasteiger partial charge in [0.25, 0.3) is 0 Å². The molecule has 0 spiro atoms. The lowest BCUT2D eigenvalue weighted by molar-refractivity contribution is 0.987. The van der Waals surface area contributed by atoms with Gasteiger partial charge in [-0.05, 0) is 153 Å². The lowest BCUT2D eigenvalue weighted by Crippen LogP contribution is -2.06. The standard InChI is InChI=1S/C54H46N2/c1-3-15-51-37(2)50-34-38(26-33-52(50)56(51)45-20-6-4-7-21-45)16-14-19-44(36-55)40-27-30-41(31-28-40)53-46-22-8-5-9-23-48(46)54(49-25-13-12-24-47(49)53)43-32-29-39-17-10-11-18-42(39)35-43/h3-4,6-11,13-15,17-23,25-36H,5,12,16,24,55H2,1-2H3/b15-3-,19-14-,44-36+. The average Bonchev–Trinajstić information content (AvgIpc) is 3.35. The maximum atomic E-state index is 6.29. The van der Waals surface area contributed by atoms with Crippen LogP contribution >= 0.6 is 0 Å². The zero-order chi connectivity index (χ0) is 38.0. The Labute approximate surface area is 330 Å². The van der Waals surface area contributed by atoms with E-state index in [1.54, 1.807) is 6.20 Å². The number of hydrogen-bond acceptors (Lipinski definition) is 1. The Hall–Kier alpha value is -6.64. The summed E-state index contributed by atoms with van der Waals surface area (Å²) in [4.78, 5) is 0.